The summed E-state index contributed by atoms with van der Waals surface area (Å²) in [7, 11) is 3.33. The second-order valence-corrected chi connectivity index (χ2v) is 6.00. The number of rotatable bonds is 3. The molecule has 3 rings (SSSR count). The van der Waals surface area contributed by atoms with Gasteiger partial charge in [-0.15, -0.1) is 0 Å². The monoisotopic (exact) mass is 357 g/mol. The first-order valence-corrected chi connectivity index (χ1v) is 7.68. The Morgan fingerprint density at radius 1 is 1.36 bits per heavy atom. The number of aromatic nitrogens is 4. The van der Waals surface area contributed by atoms with E-state index in [1.54, 1.807) is 18.8 Å². The first-order chi connectivity index (χ1) is 11.7. The molecular weight excluding hydrogens is 339 g/mol. The molecule has 0 saturated carbocycles. The van der Waals surface area contributed by atoms with Crippen LogP contribution in [0.5, 0.6) is 5.88 Å². The highest BCUT2D eigenvalue weighted by atomic mass is 19.4. The van der Waals surface area contributed by atoms with Gasteiger partial charge in [-0.2, -0.15) is 18.3 Å². The second kappa shape index (κ2) is 6.17. The summed E-state index contributed by atoms with van der Waals surface area (Å²) in [6.07, 6.45) is -4.38. The summed E-state index contributed by atoms with van der Waals surface area (Å²) < 4.78 is 45.3. The molecule has 25 heavy (non-hydrogen) atoms. The van der Waals surface area contributed by atoms with Gasteiger partial charge in [-0.3, -0.25) is 9.69 Å². The number of nitrogens with one attached hydrogen (secondary N) is 1. The van der Waals surface area contributed by atoms with Gasteiger partial charge in [0.25, 0.3) is 5.56 Å². The number of ether oxygens (including phenoxy) is 1. The van der Waals surface area contributed by atoms with Gasteiger partial charge in [-0.1, -0.05) is 0 Å². The van der Waals surface area contributed by atoms with Gasteiger partial charge in [0.05, 0.1) is 29.6 Å². The summed E-state index contributed by atoms with van der Waals surface area (Å²) >= 11 is 0. The van der Waals surface area contributed by atoms with Gasteiger partial charge in [-0.25, -0.2) is 9.67 Å². The SMILES string of the molecule is COc1c(CN2CCc3nc(C(F)(F)F)[nH]c(=O)c3C2)c(C)nn1C. The molecule has 0 atom stereocenters. The molecule has 0 aromatic carbocycles. The maximum Gasteiger partial charge on any atom is 0.449 e. The first kappa shape index (κ1) is 17.5. The van der Waals surface area contributed by atoms with E-state index in [4.69, 9.17) is 4.74 Å². The molecule has 2 aromatic heterocycles. The minimum Gasteiger partial charge on any atom is -0.481 e. The molecule has 0 bridgehead atoms. The fraction of sp³-hybridized carbons (Fsp3) is 0.533. The molecule has 0 unspecified atom stereocenters. The van der Waals surface area contributed by atoms with Crippen molar-refractivity contribution in [1.29, 1.82) is 0 Å². The lowest BCUT2D eigenvalue weighted by Crippen LogP contribution is -2.36. The molecule has 0 amide bonds. The van der Waals surface area contributed by atoms with Crippen LogP contribution in [-0.2, 0) is 32.7 Å². The average molecular weight is 357 g/mol. The summed E-state index contributed by atoms with van der Waals surface area (Å²) in [5.74, 6) is -0.614. The Hall–Kier alpha value is -2.36. The maximum absolute atomic E-state index is 12.8. The number of nitrogens with zero attached hydrogens (tertiary/aromatic N) is 4. The van der Waals surface area contributed by atoms with Crippen molar-refractivity contribution in [3.8, 4) is 5.88 Å². The van der Waals surface area contributed by atoms with E-state index in [-0.39, 0.29) is 24.2 Å². The standard InChI is InChI=1S/C15H18F3N5O2/c1-8-9(13(25-3)22(2)21-8)6-23-5-4-11-10(7-23)12(24)20-14(19-11)15(16,17)18/h4-7H2,1-3H3,(H,19,20,24). The van der Waals surface area contributed by atoms with Crippen LogP contribution in [0, 0.1) is 6.92 Å². The highest BCUT2D eigenvalue weighted by molar-refractivity contribution is 5.31. The maximum atomic E-state index is 12.8. The Morgan fingerprint density at radius 2 is 2.08 bits per heavy atom. The molecule has 1 N–H and O–H groups in total. The summed E-state index contributed by atoms with van der Waals surface area (Å²) in [6, 6.07) is 0. The number of alkyl halides is 3. The van der Waals surface area contributed by atoms with E-state index in [1.165, 1.54) is 0 Å². The molecule has 7 nitrogen and oxygen atoms in total. The lowest BCUT2D eigenvalue weighted by molar-refractivity contribution is -0.145. The number of hydrogen-bond acceptors (Lipinski definition) is 5. The largest absolute Gasteiger partial charge is 0.481 e. The lowest BCUT2D eigenvalue weighted by Gasteiger charge is -2.27. The van der Waals surface area contributed by atoms with Crippen molar-refractivity contribution >= 4 is 0 Å². The third kappa shape index (κ3) is 3.26. The van der Waals surface area contributed by atoms with Gasteiger partial charge in [0, 0.05) is 33.1 Å². The predicted octanol–water partition coefficient (Wildman–Crippen LogP) is 1.40. The molecule has 2 aromatic rings. The average Bonchev–Trinajstić information content (AvgIpc) is 2.80. The normalized spacial score (nSPS) is 15.3. The van der Waals surface area contributed by atoms with Crippen molar-refractivity contribution in [2.45, 2.75) is 32.6 Å². The molecule has 0 spiro atoms. The molecule has 0 aliphatic carbocycles. The molecule has 0 saturated heterocycles. The molecule has 0 radical (unpaired) electrons. The van der Waals surface area contributed by atoms with Crippen LogP contribution in [0.25, 0.3) is 0 Å². The fourth-order valence-electron chi connectivity index (χ4n) is 3.09. The van der Waals surface area contributed by atoms with Gasteiger partial charge in [0.2, 0.25) is 11.7 Å². The van der Waals surface area contributed by atoms with Crippen molar-refractivity contribution in [2.75, 3.05) is 13.7 Å². The van der Waals surface area contributed by atoms with Gasteiger partial charge in [-0.05, 0) is 6.92 Å². The Kier molecular flexibility index (Phi) is 4.31. The van der Waals surface area contributed by atoms with Crippen molar-refractivity contribution in [2.24, 2.45) is 7.05 Å². The van der Waals surface area contributed by atoms with E-state index in [1.807, 2.05) is 16.8 Å². The van der Waals surface area contributed by atoms with E-state index in [0.717, 1.165) is 11.3 Å². The predicted molar refractivity (Wildman–Crippen MR) is 82.2 cm³/mol. The van der Waals surface area contributed by atoms with Crippen LogP contribution in [0.3, 0.4) is 0 Å². The van der Waals surface area contributed by atoms with E-state index in [2.05, 4.69) is 10.1 Å². The fourth-order valence-corrected chi connectivity index (χ4v) is 3.09. The summed E-state index contributed by atoms with van der Waals surface area (Å²) in [4.78, 5) is 19.5. The summed E-state index contributed by atoms with van der Waals surface area (Å²) in [6.45, 7) is 3.08. The third-order valence-corrected chi connectivity index (χ3v) is 4.28. The molecule has 10 heteroatoms. The van der Waals surface area contributed by atoms with Crippen molar-refractivity contribution < 1.29 is 17.9 Å². The highest BCUT2D eigenvalue weighted by Gasteiger charge is 2.36. The van der Waals surface area contributed by atoms with Crippen LogP contribution in [0.4, 0.5) is 13.2 Å². The van der Waals surface area contributed by atoms with Crippen LogP contribution < -0.4 is 10.3 Å². The highest BCUT2D eigenvalue weighted by Crippen LogP contribution is 2.28. The van der Waals surface area contributed by atoms with E-state index < -0.39 is 17.6 Å². The molecule has 1 aliphatic heterocycles. The third-order valence-electron chi connectivity index (χ3n) is 4.28. The zero-order valence-corrected chi connectivity index (χ0v) is 14.1. The number of methoxy groups -OCH3 is 1. The van der Waals surface area contributed by atoms with Gasteiger partial charge >= 0.3 is 6.18 Å². The van der Waals surface area contributed by atoms with E-state index in [0.29, 0.717) is 19.0 Å². The lowest BCUT2D eigenvalue weighted by atomic mass is 10.1. The zero-order valence-electron chi connectivity index (χ0n) is 14.1. The van der Waals surface area contributed by atoms with Gasteiger partial charge in [0.15, 0.2) is 0 Å². The second-order valence-electron chi connectivity index (χ2n) is 6.00. The van der Waals surface area contributed by atoms with Crippen molar-refractivity contribution in [1.82, 2.24) is 24.6 Å². The number of halogens is 3. The van der Waals surface area contributed by atoms with Crippen LogP contribution in [0.15, 0.2) is 4.79 Å². The Labute approximate surface area is 141 Å². The molecule has 1 aliphatic rings. The molecule has 0 fully saturated rings. The summed E-state index contributed by atoms with van der Waals surface area (Å²) in [5.41, 5.74) is 1.45. The Balaban J connectivity index is 1.86. The number of H-pyrrole nitrogens is 1. The number of hydrogen-bond donors (Lipinski definition) is 1. The van der Waals surface area contributed by atoms with Crippen LogP contribution >= 0.6 is 0 Å². The minimum absolute atomic E-state index is 0.210. The first-order valence-electron chi connectivity index (χ1n) is 7.68. The van der Waals surface area contributed by atoms with E-state index >= 15 is 0 Å². The number of aryl methyl sites for hydroxylation is 2. The molecular formula is C15H18F3N5O2. The molecule has 3 heterocycles. The van der Waals surface area contributed by atoms with E-state index in [9.17, 15) is 18.0 Å². The van der Waals surface area contributed by atoms with Crippen LogP contribution in [0.2, 0.25) is 0 Å². The summed E-state index contributed by atoms with van der Waals surface area (Å²) in [5, 5.41) is 4.31. The molecule has 136 valence electrons. The topological polar surface area (TPSA) is 76.0 Å². The van der Waals surface area contributed by atoms with Crippen molar-refractivity contribution in [3.05, 3.63) is 38.7 Å². The Bertz CT molecular complexity index is 856. The number of fused-ring (bicyclic) bond motifs is 1. The minimum atomic E-state index is -4.66. The number of aromatic amines is 1. The smallest absolute Gasteiger partial charge is 0.449 e. The van der Waals surface area contributed by atoms with Crippen LogP contribution in [0.1, 0.15) is 28.3 Å². The van der Waals surface area contributed by atoms with Gasteiger partial charge in [0.1, 0.15) is 0 Å². The quantitative estimate of drug-likeness (QED) is 0.899. The Morgan fingerprint density at radius 3 is 2.72 bits per heavy atom. The van der Waals surface area contributed by atoms with Crippen LogP contribution in [-0.4, -0.2) is 38.3 Å². The van der Waals surface area contributed by atoms with Gasteiger partial charge < -0.3 is 9.72 Å². The van der Waals surface area contributed by atoms with Crippen molar-refractivity contribution in [3.63, 3.8) is 0 Å². The zero-order chi connectivity index (χ0) is 18.4.